The van der Waals surface area contributed by atoms with Crippen molar-refractivity contribution in [3.05, 3.63) is 29.3 Å². The van der Waals surface area contributed by atoms with Gasteiger partial charge in [-0.15, -0.1) is 0 Å². The van der Waals surface area contributed by atoms with Gasteiger partial charge in [-0.1, -0.05) is 44.9 Å². The number of hydrogen-bond acceptors (Lipinski definition) is 3. The van der Waals surface area contributed by atoms with Gasteiger partial charge in [0.25, 0.3) is 0 Å². The normalized spacial score (nSPS) is 17.4. The minimum atomic E-state index is -4.41. The summed E-state index contributed by atoms with van der Waals surface area (Å²) in [6.45, 7) is 4.19. The van der Waals surface area contributed by atoms with Crippen LogP contribution in [0.15, 0.2) is 18.2 Å². The van der Waals surface area contributed by atoms with E-state index in [9.17, 15) is 9.46 Å². The first-order chi connectivity index (χ1) is 9.90. The maximum absolute atomic E-state index is 11.0. The third-order valence-electron chi connectivity index (χ3n) is 4.16. The van der Waals surface area contributed by atoms with Gasteiger partial charge in [-0.25, -0.2) is 0 Å². The Kier molecular flexibility index (Phi) is 11.6. The number of para-hydroxylation sites is 1. The molecule has 0 spiro atoms. The van der Waals surface area contributed by atoms with Gasteiger partial charge in [-0.2, -0.15) is 0 Å². The second-order valence-electron chi connectivity index (χ2n) is 6.04. The third-order valence-corrected chi connectivity index (χ3v) is 4.62. The minimum Gasteiger partial charge on any atom is -1.00 e. The van der Waals surface area contributed by atoms with Crippen LogP contribution in [0.25, 0.3) is 0 Å². The van der Waals surface area contributed by atoms with Crippen molar-refractivity contribution in [3.63, 3.8) is 0 Å². The Morgan fingerprint density at radius 1 is 1.43 bits per heavy atom. The van der Waals surface area contributed by atoms with Gasteiger partial charge < -0.3 is 20.5 Å². The molecule has 120 valence electrons. The molecule has 0 amide bonds. The predicted octanol–water partition coefficient (Wildman–Crippen LogP) is -2.45. The Hall–Kier alpha value is 1.17. The van der Waals surface area contributed by atoms with Crippen molar-refractivity contribution in [2.45, 2.75) is 51.9 Å². The van der Waals surface area contributed by atoms with Crippen LogP contribution in [-0.2, 0) is 11.0 Å². The molecule has 1 aliphatic carbocycles. The molecule has 2 atom stereocenters. The summed E-state index contributed by atoms with van der Waals surface area (Å²) in [6, 6.07) is 5.99. The van der Waals surface area contributed by atoms with Crippen LogP contribution in [0.5, 0.6) is 5.75 Å². The Balaban J connectivity index is 0. The second-order valence-corrected chi connectivity index (χ2v) is 7.57. The minimum absolute atomic E-state index is 0. The van der Waals surface area contributed by atoms with E-state index >= 15 is 0 Å². The Morgan fingerprint density at radius 3 is 2.61 bits per heavy atom. The molecule has 1 N–H and O–H groups in total. The van der Waals surface area contributed by atoms with E-state index in [2.05, 4.69) is 13.8 Å². The Morgan fingerprint density at radius 2 is 2.09 bits per heavy atom. The van der Waals surface area contributed by atoms with Gasteiger partial charge in [0.1, 0.15) is 5.75 Å². The molecule has 2 rings (SSSR count). The fourth-order valence-corrected chi connectivity index (χ4v) is 2.79. The van der Waals surface area contributed by atoms with Gasteiger partial charge in [0, 0.05) is 0 Å². The molecule has 0 radical (unpaired) electrons. The molecule has 0 heterocycles. The van der Waals surface area contributed by atoms with Crippen molar-refractivity contribution in [1.29, 1.82) is 0 Å². The molecule has 1 aromatic rings. The molecular formula is C16H25Na2O4P. The molecule has 1 aromatic carbocycles. The van der Waals surface area contributed by atoms with Gasteiger partial charge in [0.2, 0.25) is 0 Å². The van der Waals surface area contributed by atoms with Crippen LogP contribution in [-0.4, -0.2) is 11.2 Å². The van der Waals surface area contributed by atoms with Crippen LogP contribution in [0.4, 0.5) is 0 Å². The van der Waals surface area contributed by atoms with E-state index in [1.54, 1.807) is 0 Å². The van der Waals surface area contributed by atoms with Crippen LogP contribution < -0.4 is 68.7 Å². The van der Waals surface area contributed by atoms with Gasteiger partial charge in [-0.3, -0.25) is 0 Å². The number of ether oxygens (including phenoxy) is 1. The van der Waals surface area contributed by atoms with Crippen LogP contribution in [0.2, 0.25) is 0 Å². The summed E-state index contributed by atoms with van der Waals surface area (Å²) in [4.78, 5) is 20.0. The molecule has 23 heavy (non-hydrogen) atoms. The number of hydrogen-bond donors (Lipinski definition) is 1. The SMILES string of the molecule is CCC(C)c1cccc(CCC2CC2)c1OCP(=O)([O-])O.[H-].[Na+].[Na+]. The van der Waals surface area contributed by atoms with Gasteiger partial charge in [0.15, 0.2) is 13.9 Å². The van der Waals surface area contributed by atoms with Crippen molar-refractivity contribution >= 4 is 7.60 Å². The fourth-order valence-electron chi connectivity index (χ4n) is 2.50. The smallest absolute Gasteiger partial charge is 1.00 e. The molecule has 1 saturated carbocycles. The van der Waals surface area contributed by atoms with Crippen LogP contribution in [0, 0.1) is 5.92 Å². The maximum Gasteiger partial charge on any atom is 1.00 e. The summed E-state index contributed by atoms with van der Waals surface area (Å²) < 4.78 is 16.5. The van der Waals surface area contributed by atoms with Gasteiger partial charge in [-0.05, 0) is 42.2 Å². The first-order valence-electron chi connectivity index (χ1n) is 7.68. The van der Waals surface area contributed by atoms with Crippen molar-refractivity contribution in [2.24, 2.45) is 5.92 Å². The van der Waals surface area contributed by atoms with E-state index < -0.39 is 13.9 Å². The number of rotatable bonds is 8. The molecule has 0 bridgehead atoms. The molecule has 0 aromatic heterocycles. The molecule has 4 nitrogen and oxygen atoms in total. The van der Waals surface area contributed by atoms with Crippen molar-refractivity contribution in [3.8, 4) is 5.75 Å². The van der Waals surface area contributed by atoms with Crippen LogP contribution in [0.3, 0.4) is 0 Å². The maximum atomic E-state index is 11.0. The molecule has 0 aliphatic heterocycles. The summed E-state index contributed by atoms with van der Waals surface area (Å²) in [5.41, 5.74) is 2.08. The summed E-state index contributed by atoms with van der Waals surface area (Å²) in [6.07, 6.45) is 4.92. The van der Waals surface area contributed by atoms with Crippen LogP contribution >= 0.6 is 7.60 Å². The van der Waals surface area contributed by atoms with Crippen molar-refractivity contribution in [2.75, 3.05) is 6.35 Å². The molecular weight excluding hydrogens is 333 g/mol. The standard InChI is InChI=1S/C16H25O4P.2Na.H/c1-3-12(2)15-6-4-5-14(10-9-13-7-8-13)16(15)20-11-21(17,18)19;;;/h4-6,12-13H,3,7-11H2,1-2H3,(H2,17,18,19);;;/q;2*+1;-1/p-1. The number of aryl methyl sites for hydroxylation is 1. The van der Waals surface area contributed by atoms with E-state index in [4.69, 9.17) is 9.63 Å². The quantitative estimate of drug-likeness (QED) is 0.414. The third kappa shape index (κ3) is 8.40. The summed E-state index contributed by atoms with van der Waals surface area (Å²) in [7, 11) is -4.41. The predicted molar refractivity (Wildman–Crippen MR) is 82.6 cm³/mol. The average molecular weight is 358 g/mol. The summed E-state index contributed by atoms with van der Waals surface area (Å²) >= 11 is 0. The molecule has 2 unspecified atom stereocenters. The first-order valence-corrected chi connectivity index (χ1v) is 9.44. The molecule has 7 heteroatoms. The summed E-state index contributed by atoms with van der Waals surface area (Å²) in [5, 5.41) is 0. The molecule has 1 fully saturated rings. The van der Waals surface area contributed by atoms with E-state index in [1.807, 2.05) is 18.2 Å². The van der Waals surface area contributed by atoms with E-state index in [1.165, 1.54) is 12.8 Å². The van der Waals surface area contributed by atoms with Crippen molar-refractivity contribution < 1.29 is 79.6 Å². The first kappa shape index (κ1) is 24.2. The zero-order valence-corrected chi connectivity index (χ0v) is 19.6. The number of benzene rings is 1. The van der Waals surface area contributed by atoms with Gasteiger partial charge in [0.05, 0.1) is 0 Å². The van der Waals surface area contributed by atoms with Gasteiger partial charge >= 0.3 is 59.1 Å². The zero-order valence-electron chi connectivity index (χ0n) is 15.7. The topological polar surface area (TPSA) is 69.6 Å². The second kappa shape index (κ2) is 11.0. The zero-order chi connectivity index (χ0) is 15.5. The van der Waals surface area contributed by atoms with E-state index in [0.29, 0.717) is 11.7 Å². The van der Waals surface area contributed by atoms with E-state index in [0.717, 1.165) is 36.3 Å². The largest absolute Gasteiger partial charge is 1.00 e. The Labute approximate surface area is 185 Å². The Bertz CT molecular complexity index is 535. The fraction of sp³-hybridized carbons (Fsp3) is 0.625. The van der Waals surface area contributed by atoms with E-state index in [-0.39, 0.29) is 60.5 Å². The molecule has 1 aliphatic rings. The van der Waals surface area contributed by atoms with Crippen LogP contribution in [0.1, 0.15) is 58.0 Å². The molecule has 0 saturated heterocycles. The average Bonchev–Trinajstić information content (AvgIpc) is 3.25. The monoisotopic (exact) mass is 358 g/mol. The summed E-state index contributed by atoms with van der Waals surface area (Å²) in [5.74, 6) is 1.76. The van der Waals surface area contributed by atoms with Crippen molar-refractivity contribution in [1.82, 2.24) is 0 Å².